The number of halogens is 3. The molecule has 1 heterocycles. The van der Waals surface area contributed by atoms with Gasteiger partial charge in [-0.05, 0) is 12.2 Å². The van der Waals surface area contributed by atoms with Crippen molar-refractivity contribution in [3.05, 3.63) is 40.7 Å². The van der Waals surface area contributed by atoms with Crippen molar-refractivity contribution in [2.75, 3.05) is 0 Å². The molecule has 0 aliphatic heterocycles. The largest absolute Gasteiger partial charge is 0.266 e. The van der Waals surface area contributed by atoms with Crippen LogP contribution in [-0.2, 0) is 0 Å². The standard InChI is InChI=1S/C8H4F3N3S/c9-4-1-5(10)7(6(11)2-4)14-3-12-8(15)13-14/h1-3H,(H,13,15). The summed E-state index contributed by atoms with van der Waals surface area (Å²) in [5.41, 5.74) is -0.444. The Morgan fingerprint density at radius 3 is 2.27 bits per heavy atom. The first-order chi connectivity index (χ1) is 7.08. The van der Waals surface area contributed by atoms with Crippen molar-refractivity contribution in [3.8, 4) is 5.69 Å². The summed E-state index contributed by atoms with van der Waals surface area (Å²) in [5, 5.41) is 2.41. The predicted molar refractivity (Wildman–Crippen MR) is 48.6 cm³/mol. The van der Waals surface area contributed by atoms with E-state index in [9.17, 15) is 13.2 Å². The zero-order valence-corrected chi connectivity index (χ0v) is 7.99. The molecular formula is C8H4F3N3S. The fraction of sp³-hybridized carbons (Fsp3) is 0. The van der Waals surface area contributed by atoms with Crippen molar-refractivity contribution < 1.29 is 13.2 Å². The van der Waals surface area contributed by atoms with Crippen molar-refractivity contribution in [3.63, 3.8) is 0 Å². The molecule has 2 rings (SSSR count). The summed E-state index contributed by atoms with van der Waals surface area (Å²) in [6.45, 7) is 0. The van der Waals surface area contributed by atoms with Gasteiger partial charge in [0, 0.05) is 12.1 Å². The molecule has 0 radical (unpaired) electrons. The summed E-state index contributed by atoms with van der Waals surface area (Å²) in [5.74, 6) is -3.04. The highest BCUT2D eigenvalue weighted by Crippen LogP contribution is 2.17. The highest BCUT2D eigenvalue weighted by atomic mass is 32.1. The third kappa shape index (κ3) is 1.78. The molecule has 0 fully saturated rings. The molecule has 3 nitrogen and oxygen atoms in total. The molecule has 2 aromatic rings. The van der Waals surface area contributed by atoms with Crippen LogP contribution >= 0.6 is 12.2 Å². The highest BCUT2D eigenvalue weighted by Gasteiger charge is 2.13. The van der Waals surface area contributed by atoms with Crippen molar-refractivity contribution >= 4 is 12.2 Å². The third-order valence-electron chi connectivity index (χ3n) is 1.73. The molecule has 7 heteroatoms. The fourth-order valence-corrected chi connectivity index (χ4v) is 1.29. The lowest BCUT2D eigenvalue weighted by molar-refractivity contribution is 0.528. The van der Waals surface area contributed by atoms with E-state index in [1.54, 1.807) is 0 Å². The minimum atomic E-state index is -1.03. The van der Waals surface area contributed by atoms with E-state index in [1.165, 1.54) is 0 Å². The zero-order valence-electron chi connectivity index (χ0n) is 7.17. The maximum Gasteiger partial charge on any atom is 0.213 e. The molecule has 0 aliphatic rings. The summed E-state index contributed by atoms with van der Waals surface area (Å²) in [4.78, 5) is 3.59. The summed E-state index contributed by atoms with van der Waals surface area (Å²) in [6.07, 6.45) is 1.11. The van der Waals surface area contributed by atoms with Gasteiger partial charge in [0.1, 0.15) is 17.8 Å². The Labute approximate surface area is 87.2 Å². The zero-order chi connectivity index (χ0) is 11.0. The SMILES string of the molecule is Fc1cc(F)c(-n2cnc(=S)[nH]2)c(F)c1. The fourth-order valence-electron chi connectivity index (χ4n) is 1.15. The van der Waals surface area contributed by atoms with Gasteiger partial charge in [-0.2, -0.15) is 0 Å². The average molecular weight is 231 g/mol. The van der Waals surface area contributed by atoms with Crippen LogP contribution in [0.5, 0.6) is 0 Å². The van der Waals surface area contributed by atoms with Crippen molar-refractivity contribution in [2.45, 2.75) is 0 Å². The molecule has 0 amide bonds. The first-order valence-corrected chi connectivity index (χ1v) is 4.27. The van der Waals surface area contributed by atoms with Gasteiger partial charge in [-0.15, -0.1) is 0 Å². The quantitative estimate of drug-likeness (QED) is 0.764. The Morgan fingerprint density at radius 1 is 1.20 bits per heavy atom. The second kappa shape index (κ2) is 3.50. The predicted octanol–water partition coefficient (Wildman–Crippen LogP) is 2.35. The van der Waals surface area contributed by atoms with Gasteiger partial charge < -0.3 is 0 Å². The molecule has 0 atom stereocenters. The summed E-state index contributed by atoms with van der Waals surface area (Å²) >= 11 is 4.64. The van der Waals surface area contributed by atoms with Crippen LogP contribution in [0.3, 0.4) is 0 Å². The molecule has 0 saturated heterocycles. The van der Waals surface area contributed by atoms with E-state index in [-0.39, 0.29) is 4.77 Å². The number of rotatable bonds is 1. The van der Waals surface area contributed by atoms with Crippen LogP contribution in [0.2, 0.25) is 0 Å². The van der Waals surface area contributed by atoms with Crippen LogP contribution in [0.25, 0.3) is 5.69 Å². The van der Waals surface area contributed by atoms with E-state index in [0.29, 0.717) is 12.1 Å². The van der Waals surface area contributed by atoms with Crippen LogP contribution < -0.4 is 0 Å². The Kier molecular flexibility index (Phi) is 2.31. The molecule has 0 unspecified atom stereocenters. The van der Waals surface area contributed by atoms with E-state index in [2.05, 4.69) is 22.3 Å². The van der Waals surface area contributed by atoms with Crippen molar-refractivity contribution in [1.29, 1.82) is 0 Å². The lowest BCUT2D eigenvalue weighted by Gasteiger charge is -2.04. The molecule has 1 N–H and O–H groups in total. The van der Waals surface area contributed by atoms with E-state index < -0.39 is 23.1 Å². The molecule has 0 aliphatic carbocycles. The van der Waals surface area contributed by atoms with Crippen LogP contribution in [-0.4, -0.2) is 14.8 Å². The Hall–Kier alpha value is -1.63. The molecular weight excluding hydrogens is 227 g/mol. The average Bonchev–Trinajstić information content (AvgIpc) is 2.49. The van der Waals surface area contributed by atoms with E-state index in [1.807, 2.05) is 0 Å². The molecule has 1 aromatic heterocycles. The number of aromatic nitrogens is 3. The number of hydrogen-bond acceptors (Lipinski definition) is 2. The number of benzene rings is 1. The van der Waals surface area contributed by atoms with Crippen LogP contribution in [0.15, 0.2) is 18.5 Å². The maximum atomic E-state index is 13.2. The van der Waals surface area contributed by atoms with Crippen LogP contribution in [0, 0.1) is 22.2 Å². The van der Waals surface area contributed by atoms with Gasteiger partial charge in [0.2, 0.25) is 4.77 Å². The Bertz CT molecular complexity index is 537. The first-order valence-electron chi connectivity index (χ1n) is 3.86. The molecule has 15 heavy (non-hydrogen) atoms. The van der Waals surface area contributed by atoms with Gasteiger partial charge in [0.15, 0.2) is 11.6 Å². The second-order valence-corrected chi connectivity index (χ2v) is 3.14. The van der Waals surface area contributed by atoms with Crippen LogP contribution in [0.1, 0.15) is 0 Å². The first kappa shape index (κ1) is 9.91. The second-order valence-electron chi connectivity index (χ2n) is 2.75. The minimum Gasteiger partial charge on any atom is -0.266 e. The minimum absolute atomic E-state index is 0.0816. The summed E-state index contributed by atoms with van der Waals surface area (Å²) in [7, 11) is 0. The van der Waals surface area contributed by atoms with E-state index >= 15 is 0 Å². The summed E-state index contributed by atoms with van der Waals surface area (Å²) < 4.78 is 40.1. The van der Waals surface area contributed by atoms with E-state index in [0.717, 1.165) is 11.0 Å². The van der Waals surface area contributed by atoms with Crippen molar-refractivity contribution in [2.24, 2.45) is 0 Å². The smallest absolute Gasteiger partial charge is 0.213 e. The van der Waals surface area contributed by atoms with Gasteiger partial charge >= 0.3 is 0 Å². The van der Waals surface area contributed by atoms with Gasteiger partial charge in [0.25, 0.3) is 0 Å². The number of H-pyrrole nitrogens is 1. The summed E-state index contributed by atoms with van der Waals surface area (Å²) in [6, 6.07) is 1.16. The van der Waals surface area contributed by atoms with Crippen molar-refractivity contribution in [1.82, 2.24) is 14.8 Å². The monoisotopic (exact) mass is 231 g/mol. The molecule has 78 valence electrons. The third-order valence-corrected chi connectivity index (χ3v) is 1.93. The molecule has 0 saturated carbocycles. The highest BCUT2D eigenvalue weighted by molar-refractivity contribution is 7.71. The number of nitrogens with one attached hydrogen (secondary N) is 1. The topological polar surface area (TPSA) is 33.6 Å². The van der Waals surface area contributed by atoms with Gasteiger partial charge in [-0.1, -0.05) is 0 Å². The normalized spacial score (nSPS) is 10.6. The lowest BCUT2D eigenvalue weighted by Crippen LogP contribution is -2.03. The van der Waals surface area contributed by atoms with Crippen LogP contribution in [0.4, 0.5) is 13.2 Å². The number of aromatic amines is 1. The van der Waals surface area contributed by atoms with Gasteiger partial charge in [-0.3, -0.25) is 5.10 Å². The maximum absolute atomic E-state index is 13.2. The van der Waals surface area contributed by atoms with Gasteiger partial charge in [-0.25, -0.2) is 22.8 Å². The molecule has 0 spiro atoms. The number of nitrogens with zero attached hydrogens (tertiary/aromatic N) is 2. The van der Waals surface area contributed by atoms with E-state index in [4.69, 9.17) is 0 Å². The molecule has 1 aromatic carbocycles. The Balaban J connectivity index is 2.67. The van der Waals surface area contributed by atoms with Gasteiger partial charge in [0.05, 0.1) is 0 Å². The lowest BCUT2D eigenvalue weighted by atomic mass is 10.3. The number of hydrogen-bond donors (Lipinski definition) is 1. The Morgan fingerprint density at radius 2 is 1.80 bits per heavy atom. The molecule has 0 bridgehead atoms.